The van der Waals surface area contributed by atoms with E-state index in [1.54, 1.807) is 0 Å². The lowest BCUT2D eigenvalue weighted by molar-refractivity contribution is 1.17. The number of aromatic nitrogens is 2. The standard InChI is InChI=1S/C37H23N3/c38-24-27-10-4-7-15-33(27)40-35-17-9-6-14-30(35)32-21-19-26(23-37(32)40)25-18-20-31-29-13-5-8-16-34(29)39(36(31)22-25)28-11-2-1-3-12-28/h1-23H. The molecule has 0 fully saturated rings. The van der Waals surface area contributed by atoms with Crippen molar-refractivity contribution in [3.05, 3.63) is 145 Å². The maximum atomic E-state index is 9.91. The number of rotatable bonds is 3. The summed E-state index contributed by atoms with van der Waals surface area (Å²) in [5.41, 5.74) is 9.55. The van der Waals surface area contributed by atoms with Gasteiger partial charge in [0.1, 0.15) is 6.07 Å². The second kappa shape index (κ2) is 8.73. The smallest absolute Gasteiger partial charge is 0.101 e. The van der Waals surface area contributed by atoms with Gasteiger partial charge in [-0.2, -0.15) is 5.26 Å². The minimum atomic E-state index is 0.657. The van der Waals surface area contributed by atoms with Crippen LogP contribution >= 0.6 is 0 Å². The van der Waals surface area contributed by atoms with Crippen molar-refractivity contribution in [2.45, 2.75) is 0 Å². The first kappa shape index (κ1) is 22.4. The summed E-state index contributed by atoms with van der Waals surface area (Å²) in [6, 6.07) is 51.3. The van der Waals surface area contributed by atoms with E-state index in [1.807, 2.05) is 24.3 Å². The van der Waals surface area contributed by atoms with Crippen molar-refractivity contribution in [1.29, 1.82) is 5.26 Å². The Hall–Kier alpha value is -5.59. The molecule has 6 aromatic carbocycles. The maximum absolute atomic E-state index is 9.91. The van der Waals surface area contributed by atoms with E-state index >= 15 is 0 Å². The maximum Gasteiger partial charge on any atom is 0.101 e. The van der Waals surface area contributed by atoms with Gasteiger partial charge in [0.25, 0.3) is 0 Å². The third-order valence-electron chi connectivity index (χ3n) is 7.96. The van der Waals surface area contributed by atoms with E-state index < -0.39 is 0 Å². The van der Waals surface area contributed by atoms with Gasteiger partial charge in [-0.15, -0.1) is 0 Å². The first-order valence-corrected chi connectivity index (χ1v) is 13.4. The summed E-state index contributed by atoms with van der Waals surface area (Å²) in [6.45, 7) is 0. The lowest BCUT2D eigenvalue weighted by Crippen LogP contribution is -1.97. The molecule has 0 bridgehead atoms. The van der Waals surface area contributed by atoms with E-state index in [2.05, 4.69) is 130 Å². The largest absolute Gasteiger partial charge is 0.309 e. The van der Waals surface area contributed by atoms with Crippen LogP contribution in [0.2, 0.25) is 0 Å². The molecule has 0 radical (unpaired) electrons. The molecule has 0 spiro atoms. The fourth-order valence-corrected chi connectivity index (χ4v) is 6.18. The highest BCUT2D eigenvalue weighted by Gasteiger charge is 2.17. The van der Waals surface area contributed by atoms with Gasteiger partial charge in [0.05, 0.1) is 33.3 Å². The van der Waals surface area contributed by atoms with Gasteiger partial charge in [0.15, 0.2) is 0 Å². The fraction of sp³-hybridized carbons (Fsp3) is 0. The van der Waals surface area contributed by atoms with Gasteiger partial charge in [-0.3, -0.25) is 0 Å². The molecule has 3 nitrogen and oxygen atoms in total. The van der Waals surface area contributed by atoms with Crippen molar-refractivity contribution in [1.82, 2.24) is 9.13 Å². The van der Waals surface area contributed by atoms with Crippen molar-refractivity contribution in [3.8, 4) is 28.6 Å². The van der Waals surface area contributed by atoms with Crippen molar-refractivity contribution in [2.75, 3.05) is 0 Å². The van der Waals surface area contributed by atoms with Crippen LogP contribution in [0, 0.1) is 11.3 Å². The van der Waals surface area contributed by atoms with Crippen LogP contribution in [0.3, 0.4) is 0 Å². The molecule has 0 N–H and O–H groups in total. The van der Waals surface area contributed by atoms with Crippen LogP contribution in [0.25, 0.3) is 66.1 Å². The predicted octanol–water partition coefficient (Wildman–Crippen LogP) is 9.42. The molecule has 2 heterocycles. The molecule has 186 valence electrons. The Morgan fingerprint density at radius 3 is 1.57 bits per heavy atom. The number of nitriles is 1. The van der Waals surface area contributed by atoms with Crippen molar-refractivity contribution in [3.63, 3.8) is 0 Å². The van der Waals surface area contributed by atoms with E-state index in [0.717, 1.165) is 33.5 Å². The second-order valence-electron chi connectivity index (χ2n) is 10.1. The summed E-state index contributed by atoms with van der Waals surface area (Å²) < 4.78 is 4.58. The Kier molecular flexibility index (Phi) is 4.89. The minimum Gasteiger partial charge on any atom is -0.309 e. The van der Waals surface area contributed by atoms with Crippen LogP contribution in [0.1, 0.15) is 5.56 Å². The quantitative estimate of drug-likeness (QED) is 0.233. The van der Waals surface area contributed by atoms with E-state index in [-0.39, 0.29) is 0 Å². The molecule has 0 atom stereocenters. The highest BCUT2D eigenvalue weighted by atomic mass is 15.0. The summed E-state index contributed by atoms with van der Waals surface area (Å²) in [5, 5.41) is 14.7. The van der Waals surface area contributed by atoms with Crippen molar-refractivity contribution >= 4 is 43.6 Å². The van der Waals surface area contributed by atoms with Crippen molar-refractivity contribution in [2.24, 2.45) is 0 Å². The summed E-state index contributed by atoms with van der Waals surface area (Å²) >= 11 is 0. The van der Waals surface area contributed by atoms with Gasteiger partial charge in [-0.05, 0) is 59.7 Å². The Morgan fingerprint density at radius 2 is 0.925 bits per heavy atom. The highest BCUT2D eigenvalue weighted by molar-refractivity contribution is 6.12. The second-order valence-corrected chi connectivity index (χ2v) is 10.1. The van der Waals surface area contributed by atoms with Crippen LogP contribution in [0.5, 0.6) is 0 Å². The zero-order valence-corrected chi connectivity index (χ0v) is 21.6. The van der Waals surface area contributed by atoms with Crippen LogP contribution in [0.15, 0.2) is 140 Å². The summed E-state index contributed by atoms with van der Waals surface area (Å²) in [5.74, 6) is 0. The van der Waals surface area contributed by atoms with Gasteiger partial charge in [-0.25, -0.2) is 0 Å². The molecule has 40 heavy (non-hydrogen) atoms. The predicted molar refractivity (Wildman–Crippen MR) is 165 cm³/mol. The zero-order valence-electron chi connectivity index (χ0n) is 21.6. The Labute approximate surface area is 231 Å². The Bertz CT molecular complexity index is 2280. The lowest BCUT2D eigenvalue weighted by atomic mass is 10.0. The van der Waals surface area contributed by atoms with Gasteiger partial charge < -0.3 is 9.13 Å². The molecule has 8 rings (SSSR count). The van der Waals surface area contributed by atoms with Crippen LogP contribution in [-0.2, 0) is 0 Å². The van der Waals surface area contributed by atoms with E-state index in [9.17, 15) is 5.26 Å². The topological polar surface area (TPSA) is 33.6 Å². The zero-order chi connectivity index (χ0) is 26.6. The highest BCUT2D eigenvalue weighted by Crippen LogP contribution is 2.38. The molecule has 0 amide bonds. The number of fused-ring (bicyclic) bond motifs is 6. The third kappa shape index (κ3) is 3.24. The Morgan fingerprint density at radius 1 is 0.425 bits per heavy atom. The fourth-order valence-electron chi connectivity index (χ4n) is 6.18. The van der Waals surface area contributed by atoms with Crippen LogP contribution in [-0.4, -0.2) is 9.13 Å². The normalized spacial score (nSPS) is 11.5. The van der Waals surface area contributed by atoms with Crippen LogP contribution < -0.4 is 0 Å². The number of nitrogens with zero attached hydrogens (tertiary/aromatic N) is 3. The van der Waals surface area contributed by atoms with Crippen LogP contribution in [0.4, 0.5) is 0 Å². The van der Waals surface area contributed by atoms with E-state index in [0.29, 0.717) is 5.56 Å². The number of hydrogen-bond acceptors (Lipinski definition) is 1. The van der Waals surface area contributed by atoms with Gasteiger partial charge in [-0.1, -0.05) is 91.0 Å². The average Bonchev–Trinajstić information content (AvgIpc) is 3.53. The molecule has 8 aromatic rings. The summed E-state index contributed by atoms with van der Waals surface area (Å²) in [6.07, 6.45) is 0. The molecule has 0 saturated carbocycles. The first-order valence-electron chi connectivity index (χ1n) is 13.4. The van der Waals surface area contributed by atoms with E-state index in [1.165, 1.54) is 32.6 Å². The average molecular weight is 510 g/mol. The number of benzene rings is 6. The molecule has 0 aliphatic rings. The molecular formula is C37H23N3. The monoisotopic (exact) mass is 509 g/mol. The van der Waals surface area contributed by atoms with Gasteiger partial charge >= 0.3 is 0 Å². The molecular weight excluding hydrogens is 486 g/mol. The number of para-hydroxylation sites is 4. The molecule has 0 saturated heterocycles. The van der Waals surface area contributed by atoms with E-state index in [4.69, 9.17) is 0 Å². The van der Waals surface area contributed by atoms with Gasteiger partial charge in [0, 0.05) is 27.2 Å². The Balaban J connectivity index is 1.41. The molecule has 0 aliphatic heterocycles. The molecule has 0 aliphatic carbocycles. The lowest BCUT2D eigenvalue weighted by Gasteiger charge is -2.11. The molecule has 3 heteroatoms. The summed E-state index contributed by atoms with van der Waals surface area (Å²) in [4.78, 5) is 0. The SMILES string of the molecule is N#Cc1ccccc1-n1c2ccccc2c2ccc(-c3ccc4c5ccccc5n(-c5ccccc5)c4c3)cc21. The van der Waals surface area contributed by atoms with Gasteiger partial charge in [0.2, 0.25) is 0 Å². The molecule has 2 aromatic heterocycles. The van der Waals surface area contributed by atoms with Crippen molar-refractivity contribution < 1.29 is 0 Å². The minimum absolute atomic E-state index is 0.657. The summed E-state index contributed by atoms with van der Waals surface area (Å²) in [7, 11) is 0. The molecule has 0 unspecified atom stereocenters. The third-order valence-corrected chi connectivity index (χ3v) is 7.96. The number of hydrogen-bond donors (Lipinski definition) is 0. The first-order chi connectivity index (χ1) is 19.8.